The van der Waals surface area contributed by atoms with E-state index in [2.05, 4.69) is 0 Å². The van der Waals surface area contributed by atoms with Crippen LogP contribution in [0.1, 0.15) is 44.9 Å². The van der Waals surface area contributed by atoms with Crippen molar-refractivity contribution in [2.45, 2.75) is 69.1 Å². The Hall–Kier alpha value is -1.14. The van der Waals surface area contributed by atoms with Crippen molar-refractivity contribution in [2.75, 3.05) is 5.75 Å². The smallest absolute Gasteiger partial charge is 0.327 e. The van der Waals surface area contributed by atoms with Crippen LogP contribution in [0.2, 0.25) is 0 Å². The van der Waals surface area contributed by atoms with Gasteiger partial charge in [-0.3, -0.25) is 4.79 Å². The third-order valence-electron chi connectivity index (χ3n) is 3.82. The number of carboxylic acid groups (broad SMARTS) is 1. The first-order valence-corrected chi connectivity index (χ1v) is 9.93. The van der Waals surface area contributed by atoms with E-state index in [1.165, 1.54) is 6.08 Å². The van der Waals surface area contributed by atoms with Crippen molar-refractivity contribution in [3.8, 4) is 0 Å². The molecule has 0 aromatic rings. The Bertz CT molecular complexity index is 558. The topological polar surface area (TPSA) is 164 Å². The van der Waals surface area contributed by atoms with Gasteiger partial charge in [-0.05, 0) is 25.7 Å². The van der Waals surface area contributed by atoms with Crippen molar-refractivity contribution >= 4 is 16.0 Å². The molecule has 3 unspecified atom stereocenters. The number of primary sulfonamides is 1. The predicted molar refractivity (Wildman–Crippen MR) is 92.0 cm³/mol. The van der Waals surface area contributed by atoms with E-state index in [-0.39, 0.29) is 12.8 Å². The average molecular weight is 402 g/mol. The van der Waals surface area contributed by atoms with Crippen LogP contribution in [0.5, 0.6) is 0 Å². The minimum atomic E-state index is -4.29. The Morgan fingerprint density at radius 3 is 2.19 bits per heavy atom. The fourth-order valence-corrected chi connectivity index (χ4v) is 3.31. The van der Waals surface area contributed by atoms with Gasteiger partial charge in [-0.25, -0.2) is 22.3 Å². The molecule has 0 aliphatic carbocycles. The highest BCUT2D eigenvalue weighted by molar-refractivity contribution is 7.89. The number of alkyl halides is 2. The van der Waals surface area contributed by atoms with E-state index in [0.29, 0.717) is 19.3 Å². The van der Waals surface area contributed by atoms with Gasteiger partial charge in [0.2, 0.25) is 16.4 Å². The lowest BCUT2D eigenvalue weighted by molar-refractivity contribution is -0.150. The lowest BCUT2D eigenvalue weighted by Gasteiger charge is -2.31. The van der Waals surface area contributed by atoms with Gasteiger partial charge in [0.25, 0.3) is 0 Å². The molecule has 0 aromatic heterocycles. The molecule has 0 heterocycles. The summed E-state index contributed by atoms with van der Waals surface area (Å²) in [6.45, 7) is 0. The summed E-state index contributed by atoms with van der Waals surface area (Å²) in [6.07, 6.45) is 0.365. The highest BCUT2D eigenvalue weighted by atomic mass is 32.2. The first-order chi connectivity index (χ1) is 11.9. The minimum Gasteiger partial charge on any atom is -0.480 e. The molecule has 26 heavy (non-hydrogen) atoms. The average Bonchev–Trinajstić information content (AvgIpc) is 2.50. The molecule has 11 heteroatoms. The first kappa shape index (κ1) is 24.9. The van der Waals surface area contributed by atoms with Crippen LogP contribution in [-0.4, -0.2) is 59.6 Å². The molecule has 0 saturated heterocycles. The maximum atomic E-state index is 11.9. The Balaban J connectivity index is 4.35. The van der Waals surface area contributed by atoms with Crippen molar-refractivity contribution in [1.29, 1.82) is 0 Å². The molecule has 3 atom stereocenters. The number of hydrogen-bond acceptors (Lipinski definition) is 6. The summed E-state index contributed by atoms with van der Waals surface area (Å²) in [5, 5.41) is 33.7. The summed E-state index contributed by atoms with van der Waals surface area (Å²) >= 11 is 0. The summed E-state index contributed by atoms with van der Waals surface area (Å²) in [7, 11) is -4.29. The van der Waals surface area contributed by atoms with E-state index in [1.807, 2.05) is 0 Å². The molecule has 0 aromatic carbocycles. The fourth-order valence-electron chi connectivity index (χ4n) is 2.35. The van der Waals surface area contributed by atoms with Gasteiger partial charge in [-0.2, -0.15) is 0 Å². The third-order valence-corrected chi connectivity index (χ3v) is 4.70. The van der Waals surface area contributed by atoms with E-state index in [9.17, 15) is 32.2 Å². The lowest BCUT2D eigenvalue weighted by Crippen LogP contribution is -2.65. The number of hydrogen-bond donors (Lipinski definition) is 5. The summed E-state index contributed by atoms with van der Waals surface area (Å²) < 4.78 is 46.1. The summed E-state index contributed by atoms with van der Waals surface area (Å²) in [4.78, 5) is 11.2. The zero-order valence-corrected chi connectivity index (χ0v) is 15.2. The Morgan fingerprint density at radius 2 is 1.69 bits per heavy atom. The Kier molecular flexibility index (Phi) is 11.0. The van der Waals surface area contributed by atoms with Gasteiger partial charge in [0, 0.05) is 6.42 Å². The number of sulfonamides is 1. The second-order valence-corrected chi connectivity index (χ2v) is 7.87. The van der Waals surface area contributed by atoms with Crippen LogP contribution in [0.4, 0.5) is 8.78 Å². The van der Waals surface area contributed by atoms with Gasteiger partial charge in [0.15, 0.2) is 5.54 Å². The summed E-state index contributed by atoms with van der Waals surface area (Å²) in [6, 6.07) is 0. The highest BCUT2D eigenvalue weighted by Gasteiger charge is 2.47. The molecule has 0 fully saturated rings. The van der Waals surface area contributed by atoms with Gasteiger partial charge in [-0.1, -0.05) is 25.0 Å². The third kappa shape index (κ3) is 10.1. The van der Waals surface area contributed by atoms with Crippen LogP contribution in [0.25, 0.3) is 0 Å². The quantitative estimate of drug-likeness (QED) is 0.206. The Morgan fingerprint density at radius 1 is 1.12 bits per heavy atom. The highest BCUT2D eigenvalue weighted by Crippen LogP contribution is 2.17. The number of rotatable bonds is 14. The van der Waals surface area contributed by atoms with Crippen molar-refractivity contribution in [3.05, 3.63) is 12.2 Å². The van der Waals surface area contributed by atoms with Crippen LogP contribution < -0.4 is 10.9 Å². The molecule has 0 bridgehead atoms. The minimum absolute atomic E-state index is 0.108. The van der Waals surface area contributed by atoms with Gasteiger partial charge < -0.3 is 21.1 Å². The maximum absolute atomic E-state index is 11.9. The molecule has 154 valence electrons. The SMILES string of the molecule is NC(CS(N)(=O)=O)(C(=O)O)C(O)C(O)CC=CCCCCCCC(F)F. The molecule has 0 saturated carbocycles. The van der Waals surface area contributed by atoms with Crippen LogP contribution >= 0.6 is 0 Å². The number of unbranched alkanes of at least 4 members (excludes halogenated alkanes) is 4. The van der Waals surface area contributed by atoms with Crippen LogP contribution in [0.15, 0.2) is 12.2 Å². The number of aliphatic hydroxyl groups excluding tert-OH is 2. The van der Waals surface area contributed by atoms with Gasteiger partial charge in [0.1, 0.15) is 6.10 Å². The molecule has 0 spiro atoms. The number of halogens is 2. The largest absolute Gasteiger partial charge is 0.480 e. The van der Waals surface area contributed by atoms with Crippen LogP contribution in [0, 0.1) is 0 Å². The lowest BCUT2D eigenvalue weighted by atomic mass is 9.90. The number of aliphatic carboxylic acids is 1. The first-order valence-electron chi connectivity index (χ1n) is 8.22. The molecule has 0 aliphatic heterocycles. The molecule has 7 N–H and O–H groups in total. The number of allylic oxidation sites excluding steroid dienone is 1. The van der Waals surface area contributed by atoms with E-state index in [0.717, 1.165) is 12.8 Å². The van der Waals surface area contributed by atoms with Gasteiger partial charge in [-0.15, -0.1) is 0 Å². The van der Waals surface area contributed by atoms with Crippen molar-refractivity contribution in [2.24, 2.45) is 10.9 Å². The fraction of sp³-hybridized carbons (Fsp3) is 0.800. The van der Waals surface area contributed by atoms with Crippen molar-refractivity contribution < 1.29 is 37.3 Å². The number of aliphatic hydroxyl groups is 2. The molecule has 0 aliphatic rings. The zero-order chi connectivity index (χ0) is 20.4. The molecule has 0 amide bonds. The standard InChI is InChI=1S/C15H28F2N2O6S/c16-12(17)9-7-5-3-1-2-4-6-8-11(20)13(21)15(18,14(22)23)10-26(19,24)25/h4,6,11-13,20-21H,1-3,5,7-10,18H2,(H,22,23)(H2,19,24,25). The number of carbonyl (C=O) groups is 1. The Labute approximate surface area is 151 Å². The number of carboxylic acids is 1. The van der Waals surface area contributed by atoms with Crippen LogP contribution in [-0.2, 0) is 14.8 Å². The second kappa shape index (κ2) is 11.5. The summed E-state index contributed by atoms with van der Waals surface area (Å²) in [5.74, 6) is -3.03. The molecule has 8 nitrogen and oxygen atoms in total. The number of nitrogens with two attached hydrogens (primary N) is 2. The molecule has 0 radical (unpaired) electrons. The molecular weight excluding hydrogens is 374 g/mol. The van der Waals surface area contributed by atoms with Gasteiger partial charge >= 0.3 is 5.97 Å². The normalized spacial score (nSPS) is 17.3. The second-order valence-electron chi connectivity index (χ2n) is 6.25. The van der Waals surface area contributed by atoms with E-state index >= 15 is 0 Å². The van der Waals surface area contributed by atoms with Crippen molar-refractivity contribution in [1.82, 2.24) is 0 Å². The molecule has 0 rings (SSSR count). The van der Waals surface area contributed by atoms with E-state index in [1.54, 1.807) is 6.08 Å². The zero-order valence-electron chi connectivity index (χ0n) is 14.4. The maximum Gasteiger partial charge on any atom is 0.327 e. The van der Waals surface area contributed by atoms with Crippen LogP contribution in [0.3, 0.4) is 0 Å². The monoisotopic (exact) mass is 402 g/mol. The predicted octanol–water partition coefficient (Wildman–Crippen LogP) is 0.331. The summed E-state index contributed by atoms with van der Waals surface area (Å²) in [5.41, 5.74) is 2.81. The molecular formula is C15H28F2N2O6S. The van der Waals surface area contributed by atoms with E-state index in [4.69, 9.17) is 16.0 Å². The van der Waals surface area contributed by atoms with Gasteiger partial charge in [0.05, 0.1) is 11.9 Å². The van der Waals surface area contributed by atoms with E-state index < -0.39 is 45.9 Å². The van der Waals surface area contributed by atoms with Crippen molar-refractivity contribution in [3.63, 3.8) is 0 Å².